The van der Waals surface area contributed by atoms with Crippen LogP contribution in [0.1, 0.15) is 44.9 Å². The van der Waals surface area contributed by atoms with E-state index >= 15 is 0 Å². The van der Waals surface area contributed by atoms with Gasteiger partial charge in [0.05, 0.1) is 0 Å². The molecule has 4 nitrogen and oxygen atoms in total. The van der Waals surface area contributed by atoms with E-state index in [0.717, 1.165) is 25.7 Å². The lowest BCUT2D eigenvalue weighted by molar-refractivity contribution is 0.401. The van der Waals surface area contributed by atoms with E-state index in [2.05, 4.69) is 4.72 Å². The van der Waals surface area contributed by atoms with Crippen molar-refractivity contribution in [1.29, 1.82) is 0 Å². The molecule has 0 atom stereocenters. The number of rotatable bonds is 2. The van der Waals surface area contributed by atoms with Crippen molar-refractivity contribution in [2.24, 2.45) is 0 Å². The van der Waals surface area contributed by atoms with E-state index in [1.54, 1.807) is 0 Å². The Kier molecular flexibility index (Phi) is 4.15. The van der Waals surface area contributed by atoms with Gasteiger partial charge in [0, 0.05) is 6.04 Å². The van der Waals surface area contributed by atoms with E-state index in [-0.39, 0.29) is 6.04 Å². The van der Waals surface area contributed by atoms with Crippen molar-refractivity contribution in [1.82, 2.24) is 4.72 Å². The lowest BCUT2D eigenvalue weighted by Crippen LogP contribution is -2.34. The summed E-state index contributed by atoms with van der Waals surface area (Å²) in [5.41, 5.74) is 0. The standard InChI is InChI=1S/C8H17NO3S/c10-13(11,12)9-8-6-4-2-1-3-5-7-8/h8-9H,1-7H2,(H,10,11,12). The second kappa shape index (κ2) is 4.93. The molecule has 0 radical (unpaired) electrons. The fraction of sp³-hybridized carbons (Fsp3) is 1.00. The molecule has 1 fully saturated rings. The van der Waals surface area contributed by atoms with Crippen molar-refractivity contribution in [3.63, 3.8) is 0 Å². The third-order valence-electron chi connectivity index (χ3n) is 2.42. The summed E-state index contributed by atoms with van der Waals surface area (Å²) in [6.45, 7) is 0. The Hall–Kier alpha value is -0.130. The Morgan fingerprint density at radius 2 is 1.46 bits per heavy atom. The third kappa shape index (κ3) is 5.23. The Morgan fingerprint density at radius 3 is 1.92 bits per heavy atom. The van der Waals surface area contributed by atoms with E-state index < -0.39 is 10.3 Å². The van der Waals surface area contributed by atoms with Crippen LogP contribution < -0.4 is 4.72 Å². The SMILES string of the molecule is O=S(=O)(O)NC1CCCCCCC1. The van der Waals surface area contributed by atoms with Gasteiger partial charge < -0.3 is 0 Å². The summed E-state index contributed by atoms with van der Waals surface area (Å²) < 4.78 is 31.9. The van der Waals surface area contributed by atoms with Gasteiger partial charge in [0.1, 0.15) is 0 Å². The molecule has 13 heavy (non-hydrogen) atoms. The lowest BCUT2D eigenvalue weighted by atomic mass is 9.97. The first-order chi connectivity index (χ1) is 6.08. The topological polar surface area (TPSA) is 66.4 Å². The average molecular weight is 207 g/mol. The number of hydrogen-bond acceptors (Lipinski definition) is 2. The Morgan fingerprint density at radius 1 is 1.00 bits per heavy atom. The molecule has 1 rings (SSSR count). The molecule has 0 amide bonds. The van der Waals surface area contributed by atoms with Gasteiger partial charge in [-0.15, -0.1) is 0 Å². The summed E-state index contributed by atoms with van der Waals surface area (Å²) in [5.74, 6) is 0. The monoisotopic (exact) mass is 207 g/mol. The highest BCUT2D eigenvalue weighted by Gasteiger charge is 2.15. The second-order valence-corrected chi connectivity index (χ2v) is 4.82. The maximum absolute atomic E-state index is 10.5. The summed E-state index contributed by atoms with van der Waals surface area (Å²) in [5, 5.41) is 0. The normalized spacial score (nSPS) is 22.2. The smallest absolute Gasteiger partial charge is 0.273 e. The van der Waals surface area contributed by atoms with Gasteiger partial charge in [-0.05, 0) is 12.8 Å². The molecule has 0 aliphatic heterocycles. The summed E-state index contributed by atoms with van der Waals surface area (Å²) in [6.07, 6.45) is 7.38. The fourth-order valence-corrected chi connectivity index (χ4v) is 2.44. The van der Waals surface area contributed by atoms with Gasteiger partial charge in [-0.3, -0.25) is 4.55 Å². The van der Waals surface area contributed by atoms with Crippen LogP contribution in [0.3, 0.4) is 0 Å². The highest BCUT2D eigenvalue weighted by molar-refractivity contribution is 7.83. The zero-order chi connectivity index (χ0) is 9.73. The maximum atomic E-state index is 10.5. The lowest BCUT2D eigenvalue weighted by Gasteiger charge is -2.18. The van der Waals surface area contributed by atoms with Crippen molar-refractivity contribution in [2.75, 3.05) is 0 Å². The molecular weight excluding hydrogens is 190 g/mol. The molecule has 0 heterocycles. The minimum absolute atomic E-state index is 0.0599. The molecular formula is C8H17NO3S. The summed E-state index contributed by atoms with van der Waals surface area (Å²) in [7, 11) is -4.00. The van der Waals surface area contributed by atoms with Crippen LogP contribution in [-0.2, 0) is 10.3 Å². The summed E-state index contributed by atoms with van der Waals surface area (Å²) in [4.78, 5) is 0. The minimum Gasteiger partial charge on any atom is -0.273 e. The van der Waals surface area contributed by atoms with Gasteiger partial charge in [0.2, 0.25) is 0 Å². The quantitative estimate of drug-likeness (QED) is 0.674. The van der Waals surface area contributed by atoms with Crippen molar-refractivity contribution in [3.05, 3.63) is 0 Å². The highest BCUT2D eigenvalue weighted by atomic mass is 32.2. The Bertz CT molecular complexity index is 230. The van der Waals surface area contributed by atoms with Gasteiger partial charge in [-0.2, -0.15) is 13.1 Å². The largest absolute Gasteiger partial charge is 0.333 e. The first-order valence-electron chi connectivity index (χ1n) is 4.83. The molecule has 0 saturated heterocycles. The Balaban J connectivity index is 2.38. The van der Waals surface area contributed by atoms with E-state index in [4.69, 9.17) is 4.55 Å². The molecule has 78 valence electrons. The van der Waals surface area contributed by atoms with Crippen LogP contribution in [0.5, 0.6) is 0 Å². The van der Waals surface area contributed by atoms with Crippen molar-refractivity contribution < 1.29 is 13.0 Å². The zero-order valence-electron chi connectivity index (χ0n) is 7.70. The molecule has 0 aromatic carbocycles. The Labute approximate surface area is 79.6 Å². The maximum Gasteiger partial charge on any atom is 0.333 e. The predicted octanol–water partition coefficient (Wildman–Crippen LogP) is 1.49. The molecule has 0 aromatic rings. The van der Waals surface area contributed by atoms with Crippen LogP contribution in [0.4, 0.5) is 0 Å². The molecule has 0 spiro atoms. The highest BCUT2D eigenvalue weighted by Crippen LogP contribution is 2.17. The molecule has 2 N–H and O–H groups in total. The molecule has 0 bridgehead atoms. The molecule has 5 heteroatoms. The van der Waals surface area contributed by atoms with E-state index in [9.17, 15) is 8.42 Å². The van der Waals surface area contributed by atoms with E-state index in [0.29, 0.717) is 0 Å². The number of hydrogen-bond donors (Lipinski definition) is 2. The van der Waals surface area contributed by atoms with Crippen LogP contribution in [0, 0.1) is 0 Å². The van der Waals surface area contributed by atoms with Crippen LogP contribution in [0.15, 0.2) is 0 Å². The van der Waals surface area contributed by atoms with Gasteiger partial charge in [-0.1, -0.05) is 32.1 Å². The van der Waals surface area contributed by atoms with Crippen molar-refractivity contribution >= 4 is 10.3 Å². The van der Waals surface area contributed by atoms with Crippen molar-refractivity contribution in [2.45, 2.75) is 51.0 Å². The molecule has 1 aliphatic carbocycles. The van der Waals surface area contributed by atoms with Crippen LogP contribution >= 0.6 is 0 Å². The van der Waals surface area contributed by atoms with Gasteiger partial charge in [0.15, 0.2) is 0 Å². The van der Waals surface area contributed by atoms with Gasteiger partial charge in [0.25, 0.3) is 0 Å². The van der Waals surface area contributed by atoms with Gasteiger partial charge in [-0.25, -0.2) is 0 Å². The average Bonchev–Trinajstić information content (AvgIpc) is 1.92. The number of nitrogens with one attached hydrogen (secondary N) is 1. The molecule has 1 aliphatic rings. The third-order valence-corrected chi connectivity index (χ3v) is 3.05. The first kappa shape index (κ1) is 10.9. The van der Waals surface area contributed by atoms with Gasteiger partial charge >= 0.3 is 10.3 Å². The summed E-state index contributed by atoms with van der Waals surface area (Å²) in [6, 6.07) is -0.0599. The molecule has 1 saturated carbocycles. The molecule has 0 aromatic heterocycles. The van der Waals surface area contributed by atoms with Crippen LogP contribution in [-0.4, -0.2) is 19.0 Å². The zero-order valence-corrected chi connectivity index (χ0v) is 8.52. The summed E-state index contributed by atoms with van der Waals surface area (Å²) >= 11 is 0. The second-order valence-electron chi connectivity index (χ2n) is 3.63. The van der Waals surface area contributed by atoms with E-state index in [1.165, 1.54) is 19.3 Å². The van der Waals surface area contributed by atoms with Crippen LogP contribution in [0.25, 0.3) is 0 Å². The van der Waals surface area contributed by atoms with Crippen LogP contribution in [0.2, 0.25) is 0 Å². The fourth-order valence-electron chi connectivity index (χ4n) is 1.78. The molecule has 0 unspecified atom stereocenters. The first-order valence-corrected chi connectivity index (χ1v) is 6.27. The minimum atomic E-state index is -4.00. The predicted molar refractivity (Wildman–Crippen MR) is 50.8 cm³/mol. The van der Waals surface area contributed by atoms with Crippen molar-refractivity contribution in [3.8, 4) is 0 Å². The van der Waals surface area contributed by atoms with E-state index in [1.807, 2.05) is 0 Å².